The first-order valence-electron chi connectivity index (χ1n) is 9.60. The Morgan fingerprint density at radius 2 is 2.00 bits per heavy atom. The summed E-state index contributed by atoms with van der Waals surface area (Å²) in [7, 11) is 1.53. The van der Waals surface area contributed by atoms with Crippen LogP contribution in [0.25, 0.3) is 0 Å². The quantitative estimate of drug-likeness (QED) is 0.428. The fraction of sp³-hybridized carbons (Fsp3) is 0.174. The molecule has 1 heterocycles. The zero-order valence-corrected chi connectivity index (χ0v) is 17.9. The summed E-state index contributed by atoms with van der Waals surface area (Å²) in [4.78, 5) is 25.3. The third kappa shape index (κ3) is 5.52. The molecule has 0 bridgehead atoms. The number of hydrazone groups is 1. The van der Waals surface area contributed by atoms with Gasteiger partial charge in [-0.25, -0.2) is 5.43 Å². The van der Waals surface area contributed by atoms with Gasteiger partial charge in [-0.3, -0.25) is 9.59 Å². The van der Waals surface area contributed by atoms with Crippen molar-refractivity contribution in [3.8, 4) is 11.5 Å². The molecular formula is C23H22ClN3O4. The maximum atomic E-state index is 12.7. The maximum Gasteiger partial charge on any atom is 0.276 e. The lowest BCUT2D eigenvalue weighted by Crippen LogP contribution is -2.30. The number of carbonyl (C=O) groups excluding carboxylic acids is 1. The number of nitrogens with zero attached hydrogens (tertiary/aromatic N) is 2. The highest BCUT2D eigenvalue weighted by Crippen LogP contribution is 2.29. The van der Waals surface area contributed by atoms with Crippen molar-refractivity contribution in [2.24, 2.45) is 5.10 Å². The van der Waals surface area contributed by atoms with E-state index in [-0.39, 0.29) is 5.56 Å². The van der Waals surface area contributed by atoms with E-state index in [1.807, 2.05) is 19.1 Å². The lowest BCUT2D eigenvalue weighted by molar-refractivity contribution is 0.0953. The summed E-state index contributed by atoms with van der Waals surface area (Å²) in [6.45, 7) is 2.66. The van der Waals surface area contributed by atoms with Gasteiger partial charge in [0.15, 0.2) is 11.5 Å². The van der Waals surface area contributed by atoms with Gasteiger partial charge in [-0.2, -0.15) is 5.10 Å². The fourth-order valence-electron chi connectivity index (χ4n) is 3.01. The number of para-hydroxylation sites is 1. The molecule has 1 aromatic heterocycles. The number of pyridine rings is 1. The molecule has 8 heteroatoms. The minimum atomic E-state index is -0.610. The van der Waals surface area contributed by atoms with E-state index in [4.69, 9.17) is 21.1 Å². The Balaban J connectivity index is 1.76. The molecule has 0 fully saturated rings. The molecule has 1 N–H and O–H groups in total. The van der Waals surface area contributed by atoms with Crippen molar-refractivity contribution >= 4 is 23.7 Å². The van der Waals surface area contributed by atoms with E-state index >= 15 is 0 Å². The Morgan fingerprint density at radius 3 is 2.74 bits per heavy atom. The Bertz CT molecular complexity index is 1160. The molecule has 0 spiro atoms. The van der Waals surface area contributed by atoms with Crippen LogP contribution in [0.15, 0.2) is 70.7 Å². The highest BCUT2D eigenvalue weighted by atomic mass is 35.5. The number of halogens is 1. The maximum absolute atomic E-state index is 12.7. The van der Waals surface area contributed by atoms with E-state index < -0.39 is 11.5 Å². The minimum Gasteiger partial charge on any atom is -0.492 e. The summed E-state index contributed by atoms with van der Waals surface area (Å²) >= 11 is 6.01. The van der Waals surface area contributed by atoms with Crippen molar-refractivity contribution in [3.05, 3.63) is 92.9 Å². The Kier molecular flexibility index (Phi) is 7.45. The molecule has 0 saturated heterocycles. The van der Waals surface area contributed by atoms with Gasteiger partial charge in [0.2, 0.25) is 0 Å². The van der Waals surface area contributed by atoms with Crippen molar-refractivity contribution in [1.29, 1.82) is 0 Å². The van der Waals surface area contributed by atoms with Crippen LogP contribution < -0.4 is 20.5 Å². The van der Waals surface area contributed by atoms with E-state index in [1.54, 1.807) is 42.6 Å². The van der Waals surface area contributed by atoms with E-state index in [9.17, 15) is 9.59 Å². The van der Waals surface area contributed by atoms with Crippen LogP contribution in [0.1, 0.15) is 28.4 Å². The summed E-state index contributed by atoms with van der Waals surface area (Å²) in [5.41, 5.74) is 3.43. The number of ether oxygens (including phenoxy) is 2. The number of benzene rings is 2. The molecule has 160 valence electrons. The molecule has 0 radical (unpaired) electrons. The lowest BCUT2D eigenvalue weighted by Gasteiger charge is -2.11. The van der Waals surface area contributed by atoms with Crippen LogP contribution in [0, 0.1) is 0 Å². The minimum absolute atomic E-state index is 0.0169. The first-order valence-corrected chi connectivity index (χ1v) is 9.98. The average Bonchev–Trinajstić information content (AvgIpc) is 2.75. The predicted molar refractivity (Wildman–Crippen MR) is 120 cm³/mol. The van der Waals surface area contributed by atoms with E-state index in [0.717, 1.165) is 5.56 Å². The van der Waals surface area contributed by atoms with E-state index in [1.165, 1.54) is 24.0 Å². The lowest BCUT2D eigenvalue weighted by atomic mass is 10.2. The Morgan fingerprint density at radius 1 is 1.19 bits per heavy atom. The van der Waals surface area contributed by atoms with Crippen LogP contribution in [-0.4, -0.2) is 30.4 Å². The second kappa shape index (κ2) is 10.4. The standard InChI is InChI=1S/C23H22ClN3O4/c1-3-31-20-11-5-8-17(21(20)30-2)14-25-26-22(28)19-10-6-12-27(23(19)29)15-16-7-4-9-18(24)13-16/h4-14H,3,15H2,1-2H3,(H,26,28)/b25-14-. The topological polar surface area (TPSA) is 81.9 Å². The molecule has 7 nitrogen and oxygen atoms in total. The number of nitrogens with one attached hydrogen (secondary N) is 1. The number of rotatable bonds is 8. The summed E-state index contributed by atoms with van der Waals surface area (Å²) < 4.78 is 12.3. The van der Waals surface area contributed by atoms with Crippen LogP contribution in [0.5, 0.6) is 11.5 Å². The van der Waals surface area contributed by atoms with Crippen molar-refractivity contribution in [3.63, 3.8) is 0 Å². The second-order valence-electron chi connectivity index (χ2n) is 6.50. The highest BCUT2D eigenvalue weighted by molar-refractivity contribution is 6.30. The second-order valence-corrected chi connectivity index (χ2v) is 6.93. The highest BCUT2D eigenvalue weighted by Gasteiger charge is 2.12. The van der Waals surface area contributed by atoms with Gasteiger partial charge in [-0.05, 0) is 48.9 Å². The summed E-state index contributed by atoms with van der Waals surface area (Å²) in [6, 6.07) is 15.6. The largest absolute Gasteiger partial charge is 0.492 e. The smallest absolute Gasteiger partial charge is 0.276 e. The first kappa shape index (κ1) is 22.1. The SMILES string of the molecule is CCOc1cccc(/C=N\NC(=O)c2cccn(Cc3cccc(Cl)c3)c2=O)c1OC. The Labute approximate surface area is 184 Å². The van der Waals surface area contributed by atoms with Gasteiger partial charge in [0.05, 0.1) is 26.5 Å². The molecule has 3 rings (SSSR count). The van der Waals surface area contributed by atoms with E-state index in [2.05, 4.69) is 10.5 Å². The van der Waals surface area contributed by atoms with E-state index in [0.29, 0.717) is 35.2 Å². The molecule has 0 aliphatic heterocycles. The van der Waals surface area contributed by atoms with Crippen LogP contribution in [0.4, 0.5) is 0 Å². The molecular weight excluding hydrogens is 418 g/mol. The van der Waals surface area contributed by atoms with Gasteiger partial charge < -0.3 is 14.0 Å². The number of hydrogen-bond acceptors (Lipinski definition) is 5. The van der Waals surface area contributed by atoms with Crippen LogP contribution >= 0.6 is 11.6 Å². The number of methoxy groups -OCH3 is 1. The van der Waals surface area contributed by atoms with Gasteiger partial charge in [0.1, 0.15) is 5.56 Å². The Hall–Kier alpha value is -3.58. The normalized spacial score (nSPS) is 10.8. The van der Waals surface area contributed by atoms with Crippen molar-refractivity contribution < 1.29 is 14.3 Å². The molecule has 0 unspecified atom stereocenters. The number of carbonyl (C=O) groups is 1. The predicted octanol–water partition coefficient (Wildman–Crippen LogP) is 3.72. The van der Waals surface area contributed by atoms with Crippen LogP contribution in [-0.2, 0) is 6.54 Å². The molecule has 0 aliphatic rings. The average molecular weight is 440 g/mol. The third-order valence-electron chi connectivity index (χ3n) is 4.39. The van der Waals surface area contributed by atoms with Gasteiger partial charge in [-0.1, -0.05) is 29.8 Å². The first-order chi connectivity index (χ1) is 15.0. The zero-order chi connectivity index (χ0) is 22.2. The van der Waals surface area contributed by atoms with Gasteiger partial charge in [-0.15, -0.1) is 0 Å². The third-order valence-corrected chi connectivity index (χ3v) is 4.62. The number of aromatic nitrogens is 1. The molecule has 0 atom stereocenters. The van der Waals surface area contributed by atoms with Crippen LogP contribution in [0.3, 0.4) is 0 Å². The monoisotopic (exact) mass is 439 g/mol. The molecule has 1 amide bonds. The van der Waals surface area contributed by atoms with Gasteiger partial charge in [0, 0.05) is 16.8 Å². The summed E-state index contributed by atoms with van der Waals surface area (Å²) in [5, 5.41) is 4.55. The molecule has 0 saturated carbocycles. The molecule has 0 aliphatic carbocycles. The zero-order valence-electron chi connectivity index (χ0n) is 17.2. The van der Waals surface area contributed by atoms with Gasteiger partial charge in [0.25, 0.3) is 11.5 Å². The van der Waals surface area contributed by atoms with Crippen molar-refractivity contribution in [1.82, 2.24) is 9.99 Å². The summed E-state index contributed by atoms with van der Waals surface area (Å²) in [5.74, 6) is 0.472. The molecule has 31 heavy (non-hydrogen) atoms. The summed E-state index contributed by atoms with van der Waals surface area (Å²) in [6.07, 6.45) is 3.06. The van der Waals surface area contributed by atoms with Crippen molar-refractivity contribution in [2.45, 2.75) is 13.5 Å². The molecule has 2 aromatic carbocycles. The molecule has 3 aromatic rings. The number of hydrogen-bond donors (Lipinski definition) is 1. The fourth-order valence-corrected chi connectivity index (χ4v) is 3.22. The van der Waals surface area contributed by atoms with Crippen molar-refractivity contribution in [2.75, 3.05) is 13.7 Å². The number of amides is 1. The van der Waals surface area contributed by atoms with Crippen LogP contribution in [0.2, 0.25) is 5.02 Å². The van der Waals surface area contributed by atoms with Gasteiger partial charge >= 0.3 is 0 Å².